The summed E-state index contributed by atoms with van der Waals surface area (Å²) in [6.07, 6.45) is 1.95. The molecule has 1 aromatic carbocycles. The lowest BCUT2D eigenvalue weighted by molar-refractivity contribution is 0.133. The second-order valence-electron chi connectivity index (χ2n) is 5.21. The molecule has 1 heterocycles. The predicted octanol–water partition coefficient (Wildman–Crippen LogP) is 2.44. The number of rotatable bonds is 4. The molecule has 2 rings (SSSR count). The van der Waals surface area contributed by atoms with Gasteiger partial charge in [0.15, 0.2) is 0 Å². The molecule has 1 aromatic rings. The van der Waals surface area contributed by atoms with Crippen LogP contribution >= 0.6 is 0 Å². The molecule has 2 unspecified atom stereocenters. The molecule has 18 heavy (non-hydrogen) atoms. The van der Waals surface area contributed by atoms with E-state index in [2.05, 4.69) is 24.1 Å². The minimum absolute atomic E-state index is 0.0752. The van der Waals surface area contributed by atoms with E-state index in [1.54, 1.807) is 12.1 Å². The van der Waals surface area contributed by atoms with Crippen LogP contribution in [0.25, 0.3) is 0 Å². The van der Waals surface area contributed by atoms with Crippen molar-refractivity contribution in [2.75, 3.05) is 19.6 Å². The standard InChI is InChI=1S/C15H23FN2/c1-3-14-10-17-12(2)11-18(14)9-8-13-6-4-5-7-15(13)16/h4-7,12,14,17H,3,8-11H2,1-2H3. The Morgan fingerprint density at radius 1 is 1.39 bits per heavy atom. The van der Waals surface area contributed by atoms with Gasteiger partial charge in [-0.25, -0.2) is 4.39 Å². The van der Waals surface area contributed by atoms with E-state index in [4.69, 9.17) is 0 Å². The third-order valence-corrected chi connectivity index (χ3v) is 3.82. The molecular weight excluding hydrogens is 227 g/mol. The normalized spacial score (nSPS) is 25.3. The number of nitrogens with one attached hydrogen (secondary N) is 1. The quantitative estimate of drug-likeness (QED) is 0.883. The molecule has 0 saturated carbocycles. The number of piperazine rings is 1. The van der Waals surface area contributed by atoms with Crippen LogP contribution in [0.4, 0.5) is 4.39 Å². The van der Waals surface area contributed by atoms with E-state index >= 15 is 0 Å². The lowest BCUT2D eigenvalue weighted by Crippen LogP contribution is -2.55. The fourth-order valence-corrected chi connectivity index (χ4v) is 2.67. The Bertz CT molecular complexity index is 381. The molecule has 1 aliphatic rings. The molecule has 2 nitrogen and oxygen atoms in total. The molecule has 0 radical (unpaired) electrons. The molecule has 1 N–H and O–H groups in total. The van der Waals surface area contributed by atoms with Gasteiger partial charge in [-0.05, 0) is 31.4 Å². The zero-order valence-electron chi connectivity index (χ0n) is 11.3. The van der Waals surface area contributed by atoms with Crippen LogP contribution in [0.1, 0.15) is 25.8 Å². The monoisotopic (exact) mass is 250 g/mol. The third kappa shape index (κ3) is 3.30. The van der Waals surface area contributed by atoms with E-state index in [0.29, 0.717) is 12.1 Å². The summed E-state index contributed by atoms with van der Waals surface area (Å²) < 4.78 is 13.6. The molecule has 3 heteroatoms. The summed E-state index contributed by atoms with van der Waals surface area (Å²) in [5, 5.41) is 3.51. The Labute approximate surface area is 109 Å². The Kier molecular flexibility index (Phi) is 4.72. The average Bonchev–Trinajstić information content (AvgIpc) is 2.38. The van der Waals surface area contributed by atoms with Gasteiger partial charge in [0.2, 0.25) is 0 Å². The van der Waals surface area contributed by atoms with Gasteiger partial charge >= 0.3 is 0 Å². The second-order valence-corrected chi connectivity index (χ2v) is 5.21. The first-order valence-electron chi connectivity index (χ1n) is 6.91. The number of hydrogen-bond acceptors (Lipinski definition) is 2. The van der Waals surface area contributed by atoms with E-state index in [1.165, 1.54) is 0 Å². The molecule has 0 aromatic heterocycles. The van der Waals surface area contributed by atoms with Gasteiger partial charge in [-0.15, -0.1) is 0 Å². The largest absolute Gasteiger partial charge is 0.311 e. The minimum Gasteiger partial charge on any atom is -0.311 e. The number of halogens is 1. The van der Waals surface area contributed by atoms with Crippen molar-refractivity contribution >= 4 is 0 Å². The summed E-state index contributed by atoms with van der Waals surface area (Å²) in [4.78, 5) is 2.49. The smallest absolute Gasteiger partial charge is 0.126 e. The lowest BCUT2D eigenvalue weighted by Gasteiger charge is -2.39. The van der Waals surface area contributed by atoms with Crippen molar-refractivity contribution < 1.29 is 4.39 Å². The number of hydrogen-bond donors (Lipinski definition) is 1. The fraction of sp³-hybridized carbons (Fsp3) is 0.600. The van der Waals surface area contributed by atoms with E-state index in [1.807, 2.05) is 12.1 Å². The van der Waals surface area contributed by atoms with Crippen molar-refractivity contribution in [3.8, 4) is 0 Å². The van der Waals surface area contributed by atoms with Gasteiger partial charge in [-0.1, -0.05) is 25.1 Å². The van der Waals surface area contributed by atoms with Gasteiger partial charge in [0.05, 0.1) is 0 Å². The van der Waals surface area contributed by atoms with Crippen molar-refractivity contribution in [2.24, 2.45) is 0 Å². The highest BCUT2D eigenvalue weighted by Crippen LogP contribution is 2.13. The van der Waals surface area contributed by atoms with Crippen LogP contribution in [0.15, 0.2) is 24.3 Å². The SMILES string of the molecule is CCC1CNC(C)CN1CCc1ccccc1F. The second kappa shape index (κ2) is 6.30. The first kappa shape index (κ1) is 13.5. The molecule has 0 spiro atoms. The van der Waals surface area contributed by atoms with Crippen molar-refractivity contribution in [1.29, 1.82) is 0 Å². The van der Waals surface area contributed by atoms with Crippen LogP contribution in [0.5, 0.6) is 0 Å². The first-order chi connectivity index (χ1) is 8.70. The maximum absolute atomic E-state index is 13.6. The van der Waals surface area contributed by atoms with Gasteiger partial charge in [-0.3, -0.25) is 4.90 Å². The number of nitrogens with zero attached hydrogens (tertiary/aromatic N) is 1. The van der Waals surface area contributed by atoms with Crippen LogP contribution < -0.4 is 5.32 Å². The Morgan fingerprint density at radius 3 is 2.89 bits per heavy atom. The van der Waals surface area contributed by atoms with Gasteiger partial charge in [0.25, 0.3) is 0 Å². The molecule has 0 aliphatic carbocycles. The van der Waals surface area contributed by atoms with Crippen molar-refractivity contribution in [3.63, 3.8) is 0 Å². The zero-order valence-corrected chi connectivity index (χ0v) is 11.3. The number of benzene rings is 1. The molecule has 1 fully saturated rings. The summed E-state index contributed by atoms with van der Waals surface area (Å²) >= 11 is 0. The summed E-state index contributed by atoms with van der Waals surface area (Å²) in [6.45, 7) is 7.49. The first-order valence-corrected chi connectivity index (χ1v) is 6.91. The van der Waals surface area contributed by atoms with Crippen molar-refractivity contribution in [2.45, 2.75) is 38.8 Å². The van der Waals surface area contributed by atoms with E-state index in [-0.39, 0.29) is 5.82 Å². The van der Waals surface area contributed by atoms with E-state index < -0.39 is 0 Å². The van der Waals surface area contributed by atoms with Crippen LogP contribution in [0.2, 0.25) is 0 Å². The van der Waals surface area contributed by atoms with Crippen LogP contribution in [0, 0.1) is 5.82 Å². The van der Waals surface area contributed by atoms with E-state index in [9.17, 15) is 4.39 Å². The highest BCUT2D eigenvalue weighted by atomic mass is 19.1. The van der Waals surface area contributed by atoms with Gasteiger partial charge in [0.1, 0.15) is 5.82 Å². The summed E-state index contributed by atoms with van der Waals surface area (Å²) in [7, 11) is 0. The highest BCUT2D eigenvalue weighted by Gasteiger charge is 2.23. The molecule has 0 amide bonds. The predicted molar refractivity (Wildman–Crippen MR) is 73.2 cm³/mol. The summed E-state index contributed by atoms with van der Waals surface area (Å²) in [6, 6.07) is 8.23. The zero-order chi connectivity index (χ0) is 13.0. The molecule has 0 bridgehead atoms. The molecular formula is C15H23FN2. The topological polar surface area (TPSA) is 15.3 Å². The molecule has 2 atom stereocenters. The summed E-state index contributed by atoms with van der Waals surface area (Å²) in [5.74, 6) is -0.0752. The van der Waals surface area contributed by atoms with Crippen molar-refractivity contribution in [1.82, 2.24) is 10.2 Å². The average molecular weight is 250 g/mol. The maximum atomic E-state index is 13.6. The van der Waals surface area contributed by atoms with Gasteiger partial charge < -0.3 is 5.32 Å². The van der Waals surface area contributed by atoms with Crippen LogP contribution in [0.3, 0.4) is 0 Å². The summed E-state index contributed by atoms with van der Waals surface area (Å²) in [5.41, 5.74) is 0.832. The third-order valence-electron chi connectivity index (χ3n) is 3.82. The van der Waals surface area contributed by atoms with Crippen molar-refractivity contribution in [3.05, 3.63) is 35.6 Å². The molecule has 100 valence electrons. The van der Waals surface area contributed by atoms with Crippen LogP contribution in [-0.2, 0) is 6.42 Å². The Balaban J connectivity index is 1.93. The van der Waals surface area contributed by atoms with E-state index in [0.717, 1.165) is 38.0 Å². The molecule has 1 saturated heterocycles. The van der Waals surface area contributed by atoms with Gasteiger partial charge in [-0.2, -0.15) is 0 Å². The Morgan fingerprint density at radius 2 is 2.17 bits per heavy atom. The lowest BCUT2D eigenvalue weighted by atomic mass is 10.1. The highest BCUT2D eigenvalue weighted by molar-refractivity contribution is 5.17. The molecule has 1 aliphatic heterocycles. The fourth-order valence-electron chi connectivity index (χ4n) is 2.67. The van der Waals surface area contributed by atoms with Gasteiger partial charge in [0, 0.05) is 31.7 Å². The maximum Gasteiger partial charge on any atom is 0.126 e. The minimum atomic E-state index is -0.0752. The Hall–Kier alpha value is -0.930. The van der Waals surface area contributed by atoms with Crippen LogP contribution in [-0.4, -0.2) is 36.6 Å².